The molecule has 0 bridgehead atoms. The largest absolute Gasteiger partial charge is 0.353 e. The monoisotopic (exact) mass is 332 g/mol. The zero-order valence-corrected chi connectivity index (χ0v) is 14.7. The van der Waals surface area contributed by atoms with Crippen LogP contribution in [0.1, 0.15) is 36.0 Å². The summed E-state index contributed by atoms with van der Waals surface area (Å²) in [6.07, 6.45) is 5.85. The first-order valence-electron chi connectivity index (χ1n) is 9.11. The summed E-state index contributed by atoms with van der Waals surface area (Å²) < 4.78 is 2.30. The maximum atomic E-state index is 12.0. The number of carbonyl (C=O) groups excluding carboxylic acids is 1. The van der Waals surface area contributed by atoms with Gasteiger partial charge in [-0.3, -0.25) is 4.79 Å². The fourth-order valence-corrected chi connectivity index (χ4v) is 3.32. The maximum absolute atomic E-state index is 12.0. The van der Waals surface area contributed by atoms with E-state index in [0.717, 1.165) is 25.8 Å². The molecule has 3 aromatic rings. The van der Waals surface area contributed by atoms with Gasteiger partial charge in [0.15, 0.2) is 0 Å². The topological polar surface area (TPSA) is 34.0 Å². The third kappa shape index (κ3) is 3.76. The molecular weight excluding hydrogens is 308 g/mol. The van der Waals surface area contributed by atoms with Crippen molar-refractivity contribution in [2.45, 2.75) is 45.2 Å². The van der Waals surface area contributed by atoms with Crippen LogP contribution in [0.15, 0.2) is 54.7 Å². The highest BCUT2D eigenvalue weighted by molar-refractivity contribution is 5.85. The summed E-state index contributed by atoms with van der Waals surface area (Å²) in [7, 11) is 0. The number of aromatic nitrogens is 1. The number of nitrogens with one attached hydrogen (secondary N) is 1. The van der Waals surface area contributed by atoms with E-state index in [1.807, 2.05) is 0 Å². The average Bonchev–Trinajstić information content (AvgIpc) is 3.36. The first-order valence-corrected chi connectivity index (χ1v) is 9.11. The van der Waals surface area contributed by atoms with Crippen molar-refractivity contribution in [3.8, 4) is 0 Å². The Balaban J connectivity index is 1.55. The van der Waals surface area contributed by atoms with Crippen LogP contribution in [0.25, 0.3) is 10.9 Å². The van der Waals surface area contributed by atoms with Gasteiger partial charge in [0.05, 0.1) is 0 Å². The molecule has 4 rings (SSSR count). The zero-order valence-electron chi connectivity index (χ0n) is 14.7. The number of carbonyl (C=O) groups is 1. The maximum Gasteiger partial charge on any atom is 0.220 e. The van der Waals surface area contributed by atoms with Gasteiger partial charge in [0.2, 0.25) is 5.91 Å². The molecule has 0 radical (unpaired) electrons. The average molecular weight is 332 g/mol. The second kappa shape index (κ2) is 6.75. The number of benzene rings is 2. The molecule has 2 aromatic carbocycles. The molecule has 0 unspecified atom stereocenters. The SMILES string of the molecule is Cc1ccc(Cn2cc(CCC(=O)NC3CC3)c3ccccc32)cc1. The summed E-state index contributed by atoms with van der Waals surface area (Å²) in [5.41, 5.74) is 5.07. The van der Waals surface area contributed by atoms with Gasteiger partial charge in [-0.05, 0) is 43.4 Å². The van der Waals surface area contributed by atoms with E-state index in [9.17, 15) is 4.79 Å². The van der Waals surface area contributed by atoms with E-state index in [1.165, 1.54) is 27.6 Å². The number of hydrogen-bond acceptors (Lipinski definition) is 1. The van der Waals surface area contributed by atoms with Gasteiger partial charge < -0.3 is 9.88 Å². The number of amides is 1. The van der Waals surface area contributed by atoms with Crippen LogP contribution in [-0.4, -0.2) is 16.5 Å². The summed E-state index contributed by atoms with van der Waals surface area (Å²) in [5.74, 6) is 0.179. The lowest BCUT2D eigenvalue weighted by atomic mass is 10.1. The lowest BCUT2D eigenvalue weighted by Crippen LogP contribution is -2.25. The van der Waals surface area contributed by atoms with E-state index in [0.29, 0.717) is 12.5 Å². The van der Waals surface area contributed by atoms with Crippen molar-refractivity contribution in [3.05, 3.63) is 71.4 Å². The highest BCUT2D eigenvalue weighted by Gasteiger charge is 2.23. The Labute approximate surface area is 148 Å². The Morgan fingerprint density at radius 1 is 1.12 bits per heavy atom. The summed E-state index contributed by atoms with van der Waals surface area (Å²) in [6.45, 7) is 2.97. The van der Waals surface area contributed by atoms with Crippen molar-refractivity contribution >= 4 is 16.8 Å². The van der Waals surface area contributed by atoms with Gasteiger partial charge in [0, 0.05) is 36.1 Å². The van der Waals surface area contributed by atoms with Crippen molar-refractivity contribution in [1.82, 2.24) is 9.88 Å². The molecule has 1 aliphatic carbocycles. The minimum absolute atomic E-state index is 0.179. The van der Waals surface area contributed by atoms with Crippen LogP contribution in [0, 0.1) is 6.92 Å². The first-order chi connectivity index (χ1) is 12.2. The minimum Gasteiger partial charge on any atom is -0.353 e. The molecule has 0 aliphatic heterocycles. The van der Waals surface area contributed by atoms with Gasteiger partial charge in [-0.1, -0.05) is 48.0 Å². The molecule has 1 fully saturated rings. The predicted molar refractivity (Wildman–Crippen MR) is 102 cm³/mol. The molecule has 3 nitrogen and oxygen atoms in total. The second-order valence-electron chi connectivity index (χ2n) is 7.13. The molecule has 128 valence electrons. The first kappa shape index (κ1) is 15.9. The van der Waals surface area contributed by atoms with E-state index >= 15 is 0 Å². The minimum atomic E-state index is 0.179. The molecule has 1 N–H and O–H groups in total. The van der Waals surface area contributed by atoms with E-state index in [1.54, 1.807) is 0 Å². The van der Waals surface area contributed by atoms with E-state index in [2.05, 4.69) is 71.5 Å². The summed E-state index contributed by atoms with van der Waals surface area (Å²) in [4.78, 5) is 12.0. The smallest absolute Gasteiger partial charge is 0.220 e. The molecule has 1 amide bonds. The molecule has 0 spiro atoms. The third-order valence-electron chi connectivity index (χ3n) is 4.91. The number of fused-ring (bicyclic) bond motifs is 1. The van der Waals surface area contributed by atoms with Gasteiger partial charge in [0.1, 0.15) is 0 Å². The van der Waals surface area contributed by atoms with Crippen molar-refractivity contribution in [1.29, 1.82) is 0 Å². The standard InChI is InChI=1S/C22H24N2O/c1-16-6-8-17(9-7-16)14-24-15-18(20-4-2-3-5-21(20)24)10-13-22(25)23-19-11-12-19/h2-9,15,19H,10-14H2,1H3,(H,23,25). The second-order valence-corrected chi connectivity index (χ2v) is 7.13. The Hall–Kier alpha value is -2.55. The van der Waals surface area contributed by atoms with Crippen LogP contribution >= 0.6 is 0 Å². The zero-order chi connectivity index (χ0) is 17.2. The van der Waals surface area contributed by atoms with Crippen LogP contribution in [0.5, 0.6) is 0 Å². The van der Waals surface area contributed by atoms with Gasteiger partial charge >= 0.3 is 0 Å². The fourth-order valence-electron chi connectivity index (χ4n) is 3.32. The molecule has 1 heterocycles. The number of aryl methyl sites for hydroxylation is 2. The highest BCUT2D eigenvalue weighted by atomic mass is 16.1. The Bertz CT molecular complexity index is 888. The van der Waals surface area contributed by atoms with Gasteiger partial charge in [-0.25, -0.2) is 0 Å². The van der Waals surface area contributed by atoms with Gasteiger partial charge in [0.25, 0.3) is 0 Å². The van der Waals surface area contributed by atoms with Crippen LogP contribution in [0.2, 0.25) is 0 Å². The Morgan fingerprint density at radius 3 is 2.64 bits per heavy atom. The summed E-state index contributed by atoms with van der Waals surface area (Å²) in [6, 6.07) is 17.6. The molecule has 3 heteroatoms. The van der Waals surface area contributed by atoms with E-state index in [-0.39, 0.29) is 5.91 Å². The van der Waals surface area contributed by atoms with Crippen molar-refractivity contribution in [3.63, 3.8) is 0 Å². The van der Waals surface area contributed by atoms with Crippen LogP contribution in [0.4, 0.5) is 0 Å². The van der Waals surface area contributed by atoms with Crippen LogP contribution < -0.4 is 5.32 Å². The number of hydrogen-bond donors (Lipinski definition) is 1. The molecular formula is C22H24N2O. The molecule has 25 heavy (non-hydrogen) atoms. The lowest BCUT2D eigenvalue weighted by Gasteiger charge is -2.06. The number of nitrogens with zero attached hydrogens (tertiary/aromatic N) is 1. The van der Waals surface area contributed by atoms with Crippen LogP contribution in [0.3, 0.4) is 0 Å². The molecule has 1 saturated carbocycles. The fraction of sp³-hybridized carbons (Fsp3) is 0.318. The predicted octanol–water partition coefficient (Wildman–Crippen LogP) is 4.21. The normalized spacial score (nSPS) is 14.0. The molecule has 1 aliphatic rings. The van der Waals surface area contributed by atoms with Gasteiger partial charge in [-0.2, -0.15) is 0 Å². The summed E-state index contributed by atoms with van der Waals surface area (Å²) in [5, 5.41) is 4.34. The lowest BCUT2D eigenvalue weighted by molar-refractivity contribution is -0.121. The Morgan fingerprint density at radius 2 is 1.88 bits per heavy atom. The highest BCUT2D eigenvalue weighted by Crippen LogP contribution is 2.24. The third-order valence-corrected chi connectivity index (χ3v) is 4.91. The molecule has 1 aromatic heterocycles. The summed E-state index contributed by atoms with van der Waals surface area (Å²) >= 11 is 0. The van der Waals surface area contributed by atoms with E-state index in [4.69, 9.17) is 0 Å². The van der Waals surface area contributed by atoms with Crippen molar-refractivity contribution < 1.29 is 4.79 Å². The van der Waals surface area contributed by atoms with E-state index < -0.39 is 0 Å². The van der Waals surface area contributed by atoms with Crippen molar-refractivity contribution in [2.24, 2.45) is 0 Å². The van der Waals surface area contributed by atoms with Crippen LogP contribution in [-0.2, 0) is 17.8 Å². The molecule has 0 saturated heterocycles. The Kier molecular flexibility index (Phi) is 4.31. The quantitative estimate of drug-likeness (QED) is 0.721. The number of rotatable bonds is 6. The number of para-hydroxylation sites is 1. The van der Waals surface area contributed by atoms with Gasteiger partial charge in [-0.15, -0.1) is 0 Å². The molecule has 0 atom stereocenters. The van der Waals surface area contributed by atoms with Crippen molar-refractivity contribution in [2.75, 3.05) is 0 Å².